The smallest absolute Gasteiger partial charge is 0.239 e. The summed E-state index contributed by atoms with van der Waals surface area (Å²) in [5, 5.41) is 6.06. The van der Waals surface area contributed by atoms with E-state index in [1.165, 1.54) is 0 Å². The average Bonchev–Trinajstić information content (AvgIpc) is 2.47. The molecular weight excluding hydrogens is 316 g/mol. The van der Waals surface area contributed by atoms with E-state index < -0.39 is 0 Å². The zero-order chi connectivity index (χ0) is 14.4. The molecule has 2 rings (SSSR count). The van der Waals surface area contributed by atoms with Crippen molar-refractivity contribution in [3.8, 4) is 0 Å². The SMILES string of the molecule is CC(NC(=O)CNc1ccccc1)c1ccc(Br)cc1. The number of rotatable bonds is 5. The maximum atomic E-state index is 11.9. The second-order valence-corrected chi connectivity index (χ2v) is 5.48. The lowest BCUT2D eigenvalue weighted by Crippen LogP contribution is -2.32. The molecule has 104 valence electrons. The number of hydrogen-bond acceptors (Lipinski definition) is 2. The lowest BCUT2D eigenvalue weighted by atomic mass is 10.1. The lowest BCUT2D eigenvalue weighted by Gasteiger charge is -2.15. The van der Waals surface area contributed by atoms with Gasteiger partial charge in [-0.05, 0) is 36.8 Å². The number of benzene rings is 2. The largest absolute Gasteiger partial charge is 0.376 e. The van der Waals surface area contributed by atoms with E-state index in [0.717, 1.165) is 15.7 Å². The lowest BCUT2D eigenvalue weighted by molar-refractivity contribution is -0.120. The third kappa shape index (κ3) is 4.38. The molecule has 0 bridgehead atoms. The predicted molar refractivity (Wildman–Crippen MR) is 85.6 cm³/mol. The Labute approximate surface area is 127 Å². The van der Waals surface area contributed by atoms with Crippen molar-refractivity contribution in [3.05, 3.63) is 64.6 Å². The van der Waals surface area contributed by atoms with Crippen LogP contribution in [0.2, 0.25) is 0 Å². The van der Waals surface area contributed by atoms with Crippen LogP contribution in [0, 0.1) is 0 Å². The van der Waals surface area contributed by atoms with Crippen LogP contribution in [0.5, 0.6) is 0 Å². The Morgan fingerprint density at radius 2 is 1.75 bits per heavy atom. The summed E-state index contributed by atoms with van der Waals surface area (Å²) in [7, 11) is 0. The van der Waals surface area contributed by atoms with E-state index >= 15 is 0 Å². The number of para-hydroxylation sites is 1. The highest BCUT2D eigenvalue weighted by atomic mass is 79.9. The fourth-order valence-corrected chi connectivity index (χ4v) is 2.13. The van der Waals surface area contributed by atoms with E-state index in [-0.39, 0.29) is 18.5 Å². The van der Waals surface area contributed by atoms with Crippen LogP contribution in [0.3, 0.4) is 0 Å². The number of anilines is 1. The van der Waals surface area contributed by atoms with E-state index in [1.807, 2.05) is 61.5 Å². The molecule has 20 heavy (non-hydrogen) atoms. The third-order valence-corrected chi connectivity index (χ3v) is 3.50. The molecule has 0 heterocycles. The Hall–Kier alpha value is -1.81. The molecule has 0 fully saturated rings. The van der Waals surface area contributed by atoms with Gasteiger partial charge in [-0.2, -0.15) is 0 Å². The van der Waals surface area contributed by atoms with Crippen LogP contribution in [0.15, 0.2) is 59.1 Å². The van der Waals surface area contributed by atoms with Gasteiger partial charge in [-0.3, -0.25) is 4.79 Å². The molecule has 0 aliphatic rings. The van der Waals surface area contributed by atoms with Crippen molar-refractivity contribution >= 4 is 27.5 Å². The standard InChI is InChI=1S/C16H17BrN2O/c1-12(13-7-9-14(17)10-8-13)19-16(20)11-18-15-5-3-2-4-6-15/h2-10,12,18H,11H2,1H3,(H,19,20). The van der Waals surface area contributed by atoms with Crippen molar-refractivity contribution < 1.29 is 4.79 Å². The van der Waals surface area contributed by atoms with Crippen LogP contribution in [-0.4, -0.2) is 12.5 Å². The van der Waals surface area contributed by atoms with Crippen LogP contribution in [-0.2, 0) is 4.79 Å². The first kappa shape index (κ1) is 14.6. The fraction of sp³-hybridized carbons (Fsp3) is 0.188. The first-order chi connectivity index (χ1) is 9.65. The summed E-state index contributed by atoms with van der Waals surface area (Å²) in [5.74, 6) is -0.0238. The number of nitrogens with one attached hydrogen (secondary N) is 2. The van der Waals surface area contributed by atoms with Gasteiger partial charge in [0.1, 0.15) is 0 Å². The van der Waals surface area contributed by atoms with E-state index in [1.54, 1.807) is 0 Å². The van der Waals surface area contributed by atoms with Gasteiger partial charge < -0.3 is 10.6 Å². The third-order valence-electron chi connectivity index (χ3n) is 2.97. The first-order valence-electron chi connectivity index (χ1n) is 6.49. The van der Waals surface area contributed by atoms with Gasteiger partial charge in [-0.25, -0.2) is 0 Å². The summed E-state index contributed by atoms with van der Waals surface area (Å²) in [4.78, 5) is 11.9. The van der Waals surface area contributed by atoms with Crippen LogP contribution in [0.1, 0.15) is 18.5 Å². The number of amides is 1. The molecule has 4 heteroatoms. The maximum absolute atomic E-state index is 11.9. The molecule has 0 radical (unpaired) electrons. The highest BCUT2D eigenvalue weighted by Gasteiger charge is 2.09. The Balaban J connectivity index is 1.83. The average molecular weight is 333 g/mol. The summed E-state index contributed by atoms with van der Waals surface area (Å²) in [6, 6.07) is 17.6. The molecule has 1 unspecified atom stereocenters. The van der Waals surface area contributed by atoms with Crippen molar-refractivity contribution in [2.24, 2.45) is 0 Å². The van der Waals surface area contributed by atoms with E-state index in [9.17, 15) is 4.79 Å². The van der Waals surface area contributed by atoms with Crippen molar-refractivity contribution in [1.29, 1.82) is 0 Å². The normalized spacial score (nSPS) is 11.7. The first-order valence-corrected chi connectivity index (χ1v) is 7.28. The predicted octanol–water partition coefficient (Wildman–Crippen LogP) is 3.74. The second kappa shape index (κ2) is 7.10. The minimum atomic E-state index is -0.0238. The zero-order valence-corrected chi connectivity index (χ0v) is 12.9. The van der Waals surface area contributed by atoms with Gasteiger partial charge >= 0.3 is 0 Å². The van der Waals surface area contributed by atoms with Gasteiger partial charge in [0, 0.05) is 10.2 Å². The van der Waals surface area contributed by atoms with Crippen molar-refractivity contribution in [3.63, 3.8) is 0 Å². The summed E-state index contributed by atoms with van der Waals surface area (Å²) in [6.07, 6.45) is 0. The summed E-state index contributed by atoms with van der Waals surface area (Å²) in [6.45, 7) is 2.24. The van der Waals surface area contributed by atoms with Gasteiger partial charge in [-0.1, -0.05) is 46.3 Å². The van der Waals surface area contributed by atoms with E-state index in [2.05, 4.69) is 26.6 Å². The molecule has 0 saturated carbocycles. The molecule has 0 spiro atoms. The van der Waals surface area contributed by atoms with Gasteiger partial charge in [0.05, 0.1) is 12.6 Å². The second-order valence-electron chi connectivity index (χ2n) is 4.56. The van der Waals surface area contributed by atoms with Crippen LogP contribution in [0.25, 0.3) is 0 Å². The highest BCUT2D eigenvalue weighted by molar-refractivity contribution is 9.10. The molecular formula is C16H17BrN2O. The topological polar surface area (TPSA) is 41.1 Å². The minimum Gasteiger partial charge on any atom is -0.376 e. The minimum absolute atomic E-state index is 0.00632. The molecule has 3 nitrogen and oxygen atoms in total. The Morgan fingerprint density at radius 3 is 2.40 bits per heavy atom. The number of halogens is 1. The van der Waals surface area contributed by atoms with Gasteiger partial charge in [0.15, 0.2) is 0 Å². The molecule has 2 N–H and O–H groups in total. The number of carbonyl (C=O) groups excluding carboxylic acids is 1. The van der Waals surface area contributed by atoms with Crippen molar-refractivity contribution in [2.75, 3.05) is 11.9 Å². The molecule has 2 aromatic rings. The molecule has 0 aromatic heterocycles. The Morgan fingerprint density at radius 1 is 1.10 bits per heavy atom. The Kier molecular flexibility index (Phi) is 5.18. The molecule has 1 amide bonds. The summed E-state index contributed by atoms with van der Waals surface area (Å²) < 4.78 is 1.03. The molecule has 0 aliphatic heterocycles. The molecule has 0 saturated heterocycles. The van der Waals surface area contributed by atoms with Gasteiger partial charge in [0.25, 0.3) is 0 Å². The Bertz CT molecular complexity index is 554. The van der Waals surface area contributed by atoms with Crippen LogP contribution >= 0.6 is 15.9 Å². The van der Waals surface area contributed by atoms with E-state index in [0.29, 0.717) is 0 Å². The van der Waals surface area contributed by atoms with Crippen LogP contribution in [0.4, 0.5) is 5.69 Å². The van der Waals surface area contributed by atoms with Crippen molar-refractivity contribution in [1.82, 2.24) is 5.32 Å². The molecule has 2 aromatic carbocycles. The van der Waals surface area contributed by atoms with Gasteiger partial charge in [0.2, 0.25) is 5.91 Å². The number of carbonyl (C=O) groups is 1. The zero-order valence-electron chi connectivity index (χ0n) is 11.3. The van der Waals surface area contributed by atoms with Crippen molar-refractivity contribution in [2.45, 2.75) is 13.0 Å². The molecule has 1 atom stereocenters. The quantitative estimate of drug-likeness (QED) is 0.875. The molecule has 0 aliphatic carbocycles. The summed E-state index contributed by atoms with van der Waals surface area (Å²) >= 11 is 3.40. The van der Waals surface area contributed by atoms with E-state index in [4.69, 9.17) is 0 Å². The highest BCUT2D eigenvalue weighted by Crippen LogP contribution is 2.16. The fourth-order valence-electron chi connectivity index (χ4n) is 1.87. The number of hydrogen-bond donors (Lipinski definition) is 2. The van der Waals surface area contributed by atoms with Gasteiger partial charge in [-0.15, -0.1) is 0 Å². The van der Waals surface area contributed by atoms with Crippen LogP contribution < -0.4 is 10.6 Å². The summed E-state index contributed by atoms with van der Waals surface area (Å²) in [5.41, 5.74) is 2.03. The maximum Gasteiger partial charge on any atom is 0.239 e. The monoisotopic (exact) mass is 332 g/mol.